The summed E-state index contributed by atoms with van der Waals surface area (Å²) < 4.78 is 25.0. The highest BCUT2D eigenvalue weighted by Gasteiger charge is 2.40. The first-order chi connectivity index (χ1) is 10.8. The van der Waals surface area contributed by atoms with Crippen molar-refractivity contribution in [2.75, 3.05) is 13.2 Å². The zero-order valence-corrected chi connectivity index (χ0v) is 14.0. The van der Waals surface area contributed by atoms with E-state index in [1.807, 2.05) is 20.8 Å². The van der Waals surface area contributed by atoms with Gasteiger partial charge in [-0.15, -0.1) is 0 Å². The van der Waals surface area contributed by atoms with Gasteiger partial charge in [0, 0.05) is 6.54 Å². The Morgan fingerprint density at radius 3 is 2.91 bits per heavy atom. The van der Waals surface area contributed by atoms with Gasteiger partial charge in [-0.25, -0.2) is 9.18 Å². The first-order valence-corrected chi connectivity index (χ1v) is 8.25. The molecule has 2 atom stereocenters. The molecule has 23 heavy (non-hydrogen) atoms. The van der Waals surface area contributed by atoms with E-state index in [-0.39, 0.29) is 24.1 Å². The Morgan fingerprint density at radius 1 is 1.39 bits per heavy atom. The Balaban J connectivity index is 1.83. The van der Waals surface area contributed by atoms with Crippen LogP contribution in [0.25, 0.3) is 0 Å². The summed E-state index contributed by atoms with van der Waals surface area (Å²) in [7, 11) is 0. The summed E-state index contributed by atoms with van der Waals surface area (Å²) in [6.45, 7) is 6.83. The summed E-state index contributed by atoms with van der Waals surface area (Å²) in [4.78, 5) is 14.2. The standard InChI is InChI=1S/C18H24FNO3/c1-18(2,3)23-17(21)20-9-4-5-15(20)16-14-7-6-13(19)11-12(14)8-10-22-16/h6-7,11,15-16H,4-5,8-10H2,1-3H3/t15?,16-/m0/s1. The van der Waals surface area contributed by atoms with Crippen molar-refractivity contribution in [3.8, 4) is 0 Å². The molecule has 1 aromatic carbocycles. The van der Waals surface area contributed by atoms with Gasteiger partial charge < -0.3 is 14.4 Å². The number of nitrogens with zero attached hydrogens (tertiary/aromatic N) is 1. The first-order valence-electron chi connectivity index (χ1n) is 8.25. The molecule has 4 nitrogen and oxygen atoms in total. The van der Waals surface area contributed by atoms with Crippen LogP contribution in [0.4, 0.5) is 9.18 Å². The number of rotatable bonds is 1. The maximum atomic E-state index is 13.5. The predicted molar refractivity (Wildman–Crippen MR) is 84.8 cm³/mol. The Hall–Kier alpha value is -1.62. The van der Waals surface area contributed by atoms with E-state index < -0.39 is 5.60 Å². The zero-order valence-electron chi connectivity index (χ0n) is 14.0. The van der Waals surface area contributed by atoms with Gasteiger partial charge >= 0.3 is 6.09 Å². The van der Waals surface area contributed by atoms with Crippen molar-refractivity contribution < 1.29 is 18.7 Å². The highest BCUT2D eigenvalue weighted by molar-refractivity contribution is 5.69. The summed E-state index contributed by atoms with van der Waals surface area (Å²) >= 11 is 0. The Kier molecular flexibility index (Phi) is 4.32. The van der Waals surface area contributed by atoms with Gasteiger partial charge in [-0.05, 0) is 63.3 Å². The number of fused-ring (bicyclic) bond motifs is 1. The summed E-state index contributed by atoms with van der Waals surface area (Å²) in [6, 6.07) is 4.79. The third-order valence-electron chi connectivity index (χ3n) is 4.36. The second-order valence-corrected chi connectivity index (χ2v) is 7.27. The molecule has 0 N–H and O–H groups in total. The van der Waals surface area contributed by atoms with Crippen LogP contribution in [-0.4, -0.2) is 35.8 Å². The molecule has 0 aliphatic carbocycles. The molecule has 0 spiro atoms. The third-order valence-corrected chi connectivity index (χ3v) is 4.36. The molecule has 0 saturated carbocycles. The van der Waals surface area contributed by atoms with Gasteiger partial charge in [-0.1, -0.05) is 6.07 Å². The topological polar surface area (TPSA) is 38.8 Å². The minimum absolute atomic E-state index is 0.0469. The summed E-state index contributed by atoms with van der Waals surface area (Å²) in [5, 5.41) is 0. The van der Waals surface area contributed by atoms with Gasteiger partial charge in [-0.2, -0.15) is 0 Å². The van der Waals surface area contributed by atoms with E-state index in [9.17, 15) is 9.18 Å². The van der Waals surface area contributed by atoms with Crippen molar-refractivity contribution in [2.45, 2.75) is 57.8 Å². The minimum Gasteiger partial charge on any atom is -0.444 e. The van der Waals surface area contributed by atoms with E-state index in [1.54, 1.807) is 17.0 Å². The van der Waals surface area contributed by atoms with Crippen LogP contribution in [0.15, 0.2) is 18.2 Å². The number of likely N-dealkylation sites (tertiary alicyclic amines) is 1. The molecule has 0 bridgehead atoms. The zero-order chi connectivity index (χ0) is 16.6. The van der Waals surface area contributed by atoms with Crippen molar-refractivity contribution in [3.05, 3.63) is 35.1 Å². The van der Waals surface area contributed by atoms with E-state index in [2.05, 4.69) is 0 Å². The van der Waals surface area contributed by atoms with Gasteiger partial charge in [0.2, 0.25) is 0 Å². The number of hydrogen-bond acceptors (Lipinski definition) is 3. The molecule has 1 saturated heterocycles. The lowest BCUT2D eigenvalue weighted by Gasteiger charge is -2.36. The molecular formula is C18H24FNO3. The molecule has 5 heteroatoms. The second kappa shape index (κ2) is 6.11. The van der Waals surface area contributed by atoms with Gasteiger partial charge in [0.15, 0.2) is 0 Å². The number of halogens is 1. The maximum Gasteiger partial charge on any atom is 0.410 e. The lowest BCUT2D eigenvalue weighted by molar-refractivity contribution is -0.0266. The highest BCUT2D eigenvalue weighted by Crippen LogP contribution is 2.37. The van der Waals surface area contributed by atoms with Gasteiger partial charge in [0.1, 0.15) is 17.5 Å². The van der Waals surface area contributed by atoms with Crippen LogP contribution >= 0.6 is 0 Å². The first kappa shape index (κ1) is 16.2. The molecule has 3 rings (SSSR count). The van der Waals surface area contributed by atoms with Gasteiger partial charge in [-0.3, -0.25) is 0 Å². The minimum atomic E-state index is -0.515. The fourth-order valence-corrected chi connectivity index (χ4v) is 3.43. The van der Waals surface area contributed by atoms with E-state index in [4.69, 9.17) is 9.47 Å². The molecule has 1 fully saturated rings. The number of carbonyl (C=O) groups excluding carboxylic acids is 1. The third kappa shape index (κ3) is 3.50. The summed E-state index contributed by atoms with van der Waals surface area (Å²) in [5.74, 6) is -0.222. The molecule has 126 valence electrons. The molecule has 1 amide bonds. The fourth-order valence-electron chi connectivity index (χ4n) is 3.43. The normalized spacial score (nSPS) is 24.4. The summed E-state index contributed by atoms with van der Waals surface area (Å²) in [5.41, 5.74) is 1.47. The average Bonchev–Trinajstić information content (AvgIpc) is 2.93. The van der Waals surface area contributed by atoms with Crippen molar-refractivity contribution in [1.82, 2.24) is 4.90 Å². The van der Waals surface area contributed by atoms with E-state index in [0.29, 0.717) is 19.6 Å². The molecule has 0 radical (unpaired) electrons. The lowest BCUT2D eigenvalue weighted by Crippen LogP contribution is -2.43. The SMILES string of the molecule is CC(C)(C)OC(=O)N1CCCC1[C@H]1OCCc2cc(F)ccc21. The Labute approximate surface area is 136 Å². The highest BCUT2D eigenvalue weighted by atomic mass is 19.1. The van der Waals surface area contributed by atoms with Gasteiger partial charge in [0.25, 0.3) is 0 Å². The van der Waals surface area contributed by atoms with Crippen LogP contribution in [0.5, 0.6) is 0 Å². The Bertz CT molecular complexity index is 596. The molecule has 2 aliphatic rings. The largest absolute Gasteiger partial charge is 0.444 e. The molecule has 1 unspecified atom stereocenters. The van der Waals surface area contributed by atoms with Crippen LogP contribution in [0.2, 0.25) is 0 Å². The monoisotopic (exact) mass is 321 g/mol. The van der Waals surface area contributed by atoms with Crippen molar-refractivity contribution in [3.63, 3.8) is 0 Å². The molecule has 1 aromatic rings. The number of hydrogen-bond donors (Lipinski definition) is 0. The van der Waals surface area contributed by atoms with E-state index >= 15 is 0 Å². The molecular weight excluding hydrogens is 297 g/mol. The maximum absolute atomic E-state index is 13.5. The van der Waals surface area contributed by atoms with E-state index in [1.165, 1.54) is 6.07 Å². The number of amides is 1. The second-order valence-electron chi connectivity index (χ2n) is 7.27. The predicted octanol–water partition coefficient (Wildman–Crippen LogP) is 3.84. The average molecular weight is 321 g/mol. The summed E-state index contributed by atoms with van der Waals surface area (Å²) in [6.07, 6.45) is 2.02. The van der Waals surface area contributed by atoms with Crippen LogP contribution in [0, 0.1) is 5.82 Å². The molecule has 0 aromatic heterocycles. The van der Waals surface area contributed by atoms with Gasteiger partial charge in [0.05, 0.1) is 12.6 Å². The molecule has 2 aliphatic heterocycles. The van der Waals surface area contributed by atoms with Crippen LogP contribution in [-0.2, 0) is 15.9 Å². The van der Waals surface area contributed by atoms with Crippen LogP contribution in [0.1, 0.15) is 50.8 Å². The van der Waals surface area contributed by atoms with Crippen molar-refractivity contribution in [2.24, 2.45) is 0 Å². The lowest BCUT2D eigenvalue weighted by atomic mass is 9.92. The van der Waals surface area contributed by atoms with Crippen molar-refractivity contribution in [1.29, 1.82) is 0 Å². The quantitative estimate of drug-likeness (QED) is 0.789. The molecule has 2 heterocycles. The Morgan fingerprint density at radius 2 is 2.17 bits per heavy atom. The fraction of sp³-hybridized carbons (Fsp3) is 0.611. The smallest absolute Gasteiger partial charge is 0.410 e. The van der Waals surface area contributed by atoms with E-state index in [0.717, 1.165) is 24.0 Å². The number of ether oxygens (including phenoxy) is 2. The van der Waals surface area contributed by atoms with Crippen LogP contribution < -0.4 is 0 Å². The van der Waals surface area contributed by atoms with Crippen molar-refractivity contribution >= 4 is 6.09 Å². The van der Waals surface area contributed by atoms with Crippen LogP contribution in [0.3, 0.4) is 0 Å². The number of carbonyl (C=O) groups is 1. The number of benzene rings is 1.